The number of anilines is 1. The first kappa shape index (κ1) is 18.1. The van der Waals surface area contributed by atoms with E-state index >= 15 is 0 Å². The molecular weight excluding hydrogens is 354 g/mol. The Hall–Kier alpha value is -3.29. The third kappa shape index (κ3) is 4.00. The van der Waals surface area contributed by atoms with Crippen LogP contribution in [0.5, 0.6) is 0 Å². The van der Waals surface area contributed by atoms with Gasteiger partial charge in [0.25, 0.3) is 0 Å². The highest BCUT2D eigenvalue weighted by Gasteiger charge is 2.26. The van der Waals surface area contributed by atoms with Gasteiger partial charge < -0.3 is 10.2 Å². The largest absolute Gasteiger partial charge is 0.356 e. The van der Waals surface area contributed by atoms with Gasteiger partial charge in [-0.05, 0) is 25.3 Å². The number of aromatic nitrogens is 5. The zero-order valence-corrected chi connectivity index (χ0v) is 15.8. The van der Waals surface area contributed by atoms with E-state index in [-0.39, 0.29) is 17.9 Å². The first-order valence-corrected chi connectivity index (χ1v) is 9.48. The van der Waals surface area contributed by atoms with E-state index in [9.17, 15) is 4.79 Å². The highest BCUT2D eigenvalue weighted by Crippen LogP contribution is 2.23. The molecule has 0 saturated carbocycles. The zero-order chi connectivity index (χ0) is 19.3. The molecule has 0 spiro atoms. The number of nitrogens with zero attached hydrogens (tertiary/aromatic N) is 6. The van der Waals surface area contributed by atoms with Crippen LogP contribution >= 0.6 is 0 Å². The lowest BCUT2D eigenvalue weighted by molar-refractivity contribution is -0.126. The molecule has 1 amide bonds. The Kier molecular flexibility index (Phi) is 5.27. The van der Waals surface area contributed by atoms with Crippen molar-refractivity contribution in [1.29, 1.82) is 0 Å². The van der Waals surface area contributed by atoms with Gasteiger partial charge in [0.1, 0.15) is 24.8 Å². The molecule has 0 radical (unpaired) electrons. The molecule has 144 valence electrons. The Morgan fingerprint density at radius 2 is 1.86 bits per heavy atom. The molecule has 1 N–H and O–H groups in total. The summed E-state index contributed by atoms with van der Waals surface area (Å²) in [7, 11) is 0. The van der Waals surface area contributed by atoms with E-state index in [1.165, 1.54) is 12.7 Å². The first-order valence-electron chi connectivity index (χ1n) is 9.48. The van der Waals surface area contributed by atoms with Crippen molar-refractivity contribution in [2.24, 2.45) is 5.92 Å². The van der Waals surface area contributed by atoms with E-state index in [4.69, 9.17) is 0 Å². The molecule has 1 atom stereocenters. The second kappa shape index (κ2) is 8.16. The summed E-state index contributed by atoms with van der Waals surface area (Å²) in [6.45, 7) is 3.59. The minimum absolute atomic E-state index is 0.0128. The third-order valence-corrected chi connectivity index (χ3v) is 5.14. The summed E-state index contributed by atoms with van der Waals surface area (Å²) < 4.78 is 1.61. The maximum absolute atomic E-state index is 12.7. The maximum atomic E-state index is 12.7. The molecule has 0 bridgehead atoms. The predicted molar refractivity (Wildman–Crippen MR) is 105 cm³/mol. The average molecular weight is 377 g/mol. The summed E-state index contributed by atoms with van der Waals surface area (Å²) in [6, 6.07) is 11.9. The van der Waals surface area contributed by atoms with Crippen molar-refractivity contribution < 1.29 is 4.79 Å². The maximum Gasteiger partial charge on any atom is 0.223 e. The molecule has 8 nitrogen and oxygen atoms in total. The Bertz CT molecular complexity index is 905. The van der Waals surface area contributed by atoms with Crippen molar-refractivity contribution in [3.63, 3.8) is 0 Å². The van der Waals surface area contributed by atoms with Crippen molar-refractivity contribution in [3.8, 4) is 5.82 Å². The normalized spacial score (nSPS) is 16.0. The molecule has 28 heavy (non-hydrogen) atoms. The number of hydrogen-bond donors (Lipinski definition) is 1. The Balaban J connectivity index is 1.34. The molecule has 2 aromatic heterocycles. The number of carbonyl (C=O) groups is 1. The molecule has 1 aliphatic heterocycles. The monoisotopic (exact) mass is 377 g/mol. The first-order chi connectivity index (χ1) is 13.7. The van der Waals surface area contributed by atoms with Gasteiger partial charge >= 0.3 is 0 Å². The number of nitrogens with one attached hydrogen (secondary N) is 1. The number of benzene rings is 1. The molecule has 3 heterocycles. The van der Waals surface area contributed by atoms with Crippen molar-refractivity contribution in [2.45, 2.75) is 25.8 Å². The molecule has 1 aliphatic rings. The van der Waals surface area contributed by atoms with Gasteiger partial charge in [-0.25, -0.2) is 19.6 Å². The molecule has 3 aromatic rings. The minimum Gasteiger partial charge on any atom is -0.356 e. The lowest BCUT2D eigenvalue weighted by Gasteiger charge is -2.32. The zero-order valence-electron chi connectivity index (χ0n) is 15.8. The Labute approximate surface area is 163 Å². The van der Waals surface area contributed by atoms with Crippen LogP contribution in [0.2, 0.25) is 0 Å². The fraction of sp³-hybridized carbons (Fsp3) is 0.350. The highest BCUT2D eigenvalue weighted by atomic mass is 16.1. The van der Waals surface area contributed by atoms with E-state index in [2.05, 4.69) is 30.3 Å². The van der Waals surface area contributed by atoms with E-state index in [1.54, 1.807) is 11.0 Å². The second-order valence-electron chi connectivity index (χ2n) is 6.98. The van der Waals surface area contributed by atoms with Gasteiger partial charge in [0.2, 0.25) is 5.91 Å². The summed E-state index contributed by atoms with van der Waals surface area (Å²) in [6.07, 6.45) is 6.22. The topological polar surface area (TPSA) is 88.8 Å². The van der Waals surface area contributed by atoms with Crippen LogP contribution in [0, 0.1) is 5.92 Å². The molecule has 0 aliphatic carbocycles. The van der Waals surface area contributed by atoms with E-state index < -0.39 is 0 Å². The van der Waals surface area contributed by atoms with Gasteiger partial charge in [-0.15, -0.1) is 0 Å². The SMILES string of the molecule is CC(NC(=O)C1CCN(c2cc(-n3cncn3)ncn2)CC1)c1ccccc1. The molecular formula is C20H23N7O. The molecule has 1 unspecified atom stereocenters. The van der Waals surface area contributed by atoms with Crippen LogP contribution in [-0.4, -0.2) is 43.7 Å². The lowest BCUT2D eigenvalue weighted by Crippen LogP contribution is -2.41. The van der Waals surface area contributed by atoms with Crippen LogP contribution in [0.15, 0.2) is 55.4 Å². The van der Waals surface area contributed by atoms with Gasteiger partial charge in [-0.1, -0.05) is 30.3 Å². The average Bonchev–Trinajstić information content (AvgIpc) is 3.29. The van der Waals surface area contributed by atoms with Crippen LogP contribution in [-0.2, 0) is 4.79 Å². The summed E-state index contributed by atoms with van der Waals surface area (Å²) in [4.78, 5) is 27.4. The molecule has 1 aromatic carbocycles. The van der Waals surface area contributed by atoms with Gasteiger partial charge in [0.15, 0.2) is 5.82 Å². The molecule has 1 fully saturated rings. The van der Waals surface area contributed by atoms with Crippen molar-refractivity contribution in [1.82, 2.24) is 30.0 Å². The number of hydrogen-bond acceptors (Lipinski definition) is 6. The van der Waals surface area contributed by atoms with E-state index in [0.717, 1.165) is 37.3 Å². The molecule has 4 rings (SSSR count). The summed E-state index contributed by atoms with van der Waals surface area (Å²) in [5, 5.41) is 7.25. The number of piperidine rings is 1. The number of carbonyl (C=O) groups excluding carboxylic acids is 1. The van der Waals surface area contributed by atoms with Crippen LogP contribution in [0.4, 0.5) is 5.82 Å². The fourth-order valence-electron chi connectivity index (χ4n) is 3.49. The quantitative estimate of drug-likeness (QED) is 0.733. The number of rotatable bonds is 5. The fourth-order valence-corrected chi connectivity index (χ4v) is 3.49. The van der Waals surface area contributed by atoms with Gasteiger partial charge in [-0.2, -0.15) is 5.10 Å². The lowest BCUT2D eigenvalue weighted by atomic mass is 9.95. The smallest absolute Gasteiger partial charge is 0.223 e. The van der Waals surface area contributed by atoms with Crippen LogP contribution in [0.25, 0.3) is 5.82 Å². The second-order valence-corrected chi connectivity index (χ2v) is 6.98. The van der Waals surface area contributed by atoms with E-state index in [1.807, 2.05) is 43.3 Å². The number of amides is 1. The molecule has 1 saturated heterocycles. The Morgan fingerprint density at radius 1 is 1.11 bits per heavy atom. The van der Waals surface area contributed by atoms with Gasteiger partial charge in [-0.3, -0.25) is 4.79 Å². The van der Waals surface area contributed by atoms with Crippen LogP contribution < -0.4 is 10.2 Å². The van der Waals surface area contributed by atoms with Crippen LogP contribution in [0.3, 0.4) is 0 Å². The third-order valence-electron chi connectivity index (χ3n) is 5.14. The van der Waals surface area contributed by atoms with Crippen molar-refractivity contribution >= 4 is 11.7 Å². The van der Waals surface area contributed by atoms with E-state index in [0.29, 0.717) is 5.82 Å². The summed E-state index contributed by atoms with van der Waals surface area (Å²) in [5.41, 5.74) is 1.12. The van der Waals surface area contributed by atoms with Crippen molar-refractivity contribution in [3.05, 3.63) is 60.9 Å². The standard InChI is InChI=1S/C20H23N7O/c1-15(16-5-3-2-4-6-16)25-20(28)17-7-9-26(10-8-17)18-11-19(23-13-22-18)27-14-21-12-24-27/h2-6,11-15,17H,7-10H2,1H3,(H,25,28). The highest BCUT2D eigenvalue weighted by molar-refractivity contribution is 5.79. The molecule has 8 heteroatoms. The minimum atomic E-state index is 0.0128. The van der Waals surface area contributed by atoms with Crippen LogP contribution in [0.1, 0.15) is 31.4 Å². The summed E-state index contributed by atoms with van der Waals surface area (Å²) in [5.74, 6) is 1.68. The van der Waals surface area contributed by atoms with Gasteiger partial charge in [0, 0.05) is 25.1 Å². The van der Waals surface area contributed by atoms with Crippen molar-refractivity contribution in [2.75, 3.05) is 18.0 Å². The summed E-state index contributed by atoms with van der Waals surface area (Å²) >= 11 is 0. The van der Waals surface area contributed by atoms with Gasteiger partial charge in [0.05, 0.1) is 6.04 Å². The Morgan fingerprint density at radius 3 is 2.57 bits per heavy atom. The predicted octanol–water partition coefficient (Wildman–Crippen LogP) is 2.15.